The van der Waals surface area contributed by atoms with Crippen LogP contribution in [0.1, 0.15) is 16.8 Å². The number of thioether (sulfide) groups is 1. The highest BCUT2D eigenvalue weighted by atomic mass is 32.2. The zero-order chi connectivity index (χ0) is 23.1. The normalized spacial score (nSPS) is 12.2. The number of carboxylic acids is 1. The van der Waals surface area contributed by atoms with E-state index in [1.807, 2.05) is 6.26 Å². The van der Waals surface area contributed by atoms with Gasteiger partial charge < -0.3 is 10.4 Å². The highest BCUT2D eigenvalue weighted by Gasteiger charge is 2.25. The Labute approximate surface area is 190 Å². The van der Waals surface area contributed by atoms with Gasteiger partial charge in [0.05, 0.1) is 4.90 Å². The average molecular weight is 471 g/mol. The van der Waals surface area contributed by atoms with E-state index in [0.29, 0.717) is 16.9 Å². The van der Waals surface area contributed by atoms with Crippen LogP contribution in [0, 0.1) is 0 Å². The molecule has 1 unspecified atom stereocenters. The van der Waals surface area contributed by atoms with Crippen molar-refractivity contribution in [3.63, 3.8) is 0 Å². The van der Waals surface area contributed by atoms with Crippen molar-refractivity contribution in [2.45, 2.75) is 22.4 Å². The number of carbonyl (C=O) groups is 2. The minimum atomic E-state index is -3.90. The Morgan fingerprint density at radius 1 is 1.06 bits per heavy atom. The molecule has 0 saturated carbocycles. The third-order valence-electron chi connectivity index (χ3n) is 4.76. The Kier molecular flexibility index (Phi) is 7.66. The standard InChI is InChI=1S/C23H22N2O5S2/c1-31-14-12-20(23(27)28)25-22(26)18-11-10-17(15-19(18)16-7-3-2-4-8-16)32(29,30)21-9-5-6-13-24-21/h2-11,13,15,20H,12,14H2,1H3,(H,25,26)(H,27,28). The van der Waals surface area contributed by atoms with Crippen LogP contribution in [0.2, 0.25) is 0 Å². The second kappa shape index (κ2) is 10.4. The summed E-state index contributed by atoms with van der Waals surface area (Å²) in [5.41, 5.74) is 1.20. The van der Waals surface area contributed by atoms with Crippen LogP contribution in [0.15, 0.2) is 82.8 Å². The van der Waals surface area contributed by atoms with Crippen LogP contribution in [-0.2, 0) is 14.6 Å². The maximum Gasteiger partial charge on any atom is 0.326 e. The van der Waals surface area contributed by atoms with Crippen LogP contribution in [0.3, 0.4) is 0 Å². The number of carboxylic acid groups (broad SMARTS) is 1. The molecule has 0 spiro atoms. The van der Waals surface area contributed by atoms with Gasteiger partial charge in [0.25, 0.3) is 5.91 Å². The number of hydrogen-bond acceptors (Lipinski definition) is 6. The lowest BCUT2D eigenvalue weighted by Crippen LogP contribution is -2.41. The topological polar surface area (TPSA) is 113 Å². The maximum absolute atomic E-state index is 13.0. The van der Waals surface area contributed by atoms with Crippen LogP contribution in [0.25, 0.3) is 11.1 Å². The summed E-state index contributed by atoms with van der Waals surface area (Å²) in [7, 11) is -3.90. The first-order valence-electron chi connectivity index (χ1n) is 9.73. The van der Waals surface area contributed by atoms with E-state index in [2.05, 4.69) is 10.3 Å². The summed E-state index contributed by atoms with van der Waals surface area (Å²) in [5, 5.41) is 11.9. The van der Waals surface area contributed by atoms with Gasteiger partial charge in [-0.15, -0.1) is 0 Å². The highest BCUT2D eigenvalue weighted by molar-refractivity contribution is 7.98. The molecule has 166 valence electrons. The molecule has 7 nitrogen and oxygen atoms in total. The highest BCUT2D eigenvalue weighted by Crippen LogP contribution is 2.29. The van der Waals surface area contributed by atoms with Gasteiger partial charge in [0.1, 0.15) is 6.04 Å². The van der Waals surface area contributed by atoms with Crippen molar-refractivity contribution in [3.8, 4) is 11.1 Å². The predicted molar refractivity (Wildman–Crippen MR) is 123 cm³/mol. The number of sulfone groups is 1. The number of benzene rings is 2. The van der Waals surface area contributed by atoms with Crippen molar-refractivity contribution < 1.29 is 23.1 Å². The van der Waals surface area contributed by atoms with E-state index < -0.39 is 27.8 Å². The number of rotatable bonds is 9. The molecule has 1 heterocycles. The van der Waals surface area contributed by atoms with Gasteiger partial charge in [-0.1, -0.05) is 36.4 Å². The summed E-state index contributed by atoms with van der Waals surface area (Å²) in [4.78, 5) is 28.5. The molecular formula is C23H22N2O5S2. The second-order valence-electron chi connectivity index (χ2n) is 6.89. The molecule has 1 amide bonds. The van der Waals surface area contributed by atoms with E-state index in [4.69, 9.17) is 0 Å². The molecule has 0 bridgehead atoms. The van der Waals surface area contributed by atoms with E-state index in [0.717, 1.165) is 0 Å². The van der Waals surface area contributed by atoms with Crippen LogP contribution < -0.4 is 5.32 Å². The summed E-state index contributed by atoms with van der Waals surface area (Å²) >= 11 is 1.49. The smallest absolute Gasteiger partial charge is 0.326 e. The van der Waals surface area contributed by atoms with Gasteiger partial charge in [-0.25, -0.2) is 18.2 Å². The summed E-state index contributed by atoms with van der Waals surface area (Å²) in [6, 6.07) is 16.6. The van der Waals surface area contributed by atoms with Gasteiger partial charge in [-0.3, -0.25) is 4.79 Å². The number of aromatic nitrogens is 1. The van der Waals surface area contributed by atoms with Crippen LogP contribution >= 0.6 is 11.8 Å². The number of amides is 1. The van der Waals surface area contributed by atoms with Crippen molar-refractivity contribution in [1.82, 2.24) is 10.3 Å². The second-order valence-corrected chi connectivity index (χ2v) is 9.77. The minimum Gasteiger partial charge on any atom is -0.480 e. The summed E-state index contributed by atoms with van der Waals surface area (Å²) in [5.74, 6) is -1.13. The summed E-state index contributed by atoms with van der Waals surface area (Å²) in [6.07, 6.45) is 3.53. The molecule has 2 aromatic carbocycles. The lowest BCUT2D eigenvalue weighted by atomic mass is 9.99. The van der Waals surface area contributed by atoms with Gasteiger partial charge in [-0.05, 0) is 59.9 Å². The van der Waals surface area contributed by atoms with Gasteiger partial charge in [0.15, 0.2) is 5.03 Å². The molecule has 1 aromatic heterocycles. The number of nitrogens with zero attached hydrogens (tertiary/aromatic N) is 1. The molecule has 0 saturated heterocycles. The lowest BCUT2D eigenvalue weighted by Gasteiger charge is -2.17. The molecular weight excluding hydrogens is 448 g/mol. The van der Waals surface area contributed by atoms with E-state index in [9.17, 15) is 23.1 Å². The number of carbonyl (C=O) groups excluding carboxylic acids is 1. The van der Waals surface area contributed by atoms with E-state index in [1.54, 1.807) is 42.5 Å². The zero-order valence-electron chi connectivity index (χ0n) is 17.3. The lowest BCUT2D eigenvalue weighted by molar-refractivity contribution is -0.139. The third-order valence-corrected chi connectivity index (χ3v) is 7.07. The quantitative estimate of drug-likeness (QED) is 0.492. The van der Waals surface area contributed by atoms with Crippen molar-refractivity contribution in [1.29, 1.82) is 0 Å². The Bertz CT molecular complexity index is 1200. The largest absolute Gasteiger partial charge is 0.480 e. The van der Waals surface area contributed by atoms with E-state index in [-0.39, 0.29) is 21.9 Å². The molecule has 3 rings (SSSR count). The Hall–Kier alpha value is -3.17. The molecule has 0 fully saturated rings. The summed E-state index contributed by atoms with van der Waals surface area (Å²) < 4.78 is 26.1. The molecule has 9 heteroatoms. The number of aliphatic carboxylic acids is 1. The van der Waals surface area contributed by atoms with Gasteiger partial charge >= 0.3 is 5.97 Å². The van der Waals surface area contributed by atoms with Crippen molar-refractivity contribution in [2.75, 3.05) is 12.0 Å². The van der Waals surface area contributed by atoms with Gasteiger partial charge in [0.2, 0.25) is 9.84 Å². The SMILES string of the molecule is CSCCC(NC(=O)c1ccc(S(=O)(=O)c2ccccn2)cc1-c1ccccc1)C(=O)O. The Morgan fingerprint density at radius 3 is 2.41 bits per heavy atom. The monoisotopic (exact) mass is 470 g/mol. The maximum atomic E-state index is 13.0. The molecule has 0 radical (unpaired) electrons. The van der Waals surface area contributed by atoms with Gasteiger partial charge in [0, 0.05) is 11.8 Å². The van der Waals surface area contributed by atoms with Crippen LogP contribution in [-0.4, -0.2) is 48.4 Å². The molecule has 0 aliphatic heterocycles. The first-order chi connectivity index (χ1) is 15.3. The van der Waals surface area contributed by atoms with Crippen molar-refractivity contribution in [2.24, 2.45) is 0 Å². The number of nitrogens with one attached hydrogen (secondary N) is 1. The Morgan fingerprint density at radius 2 is 1.78 bits per heavy atom. The number of hydrogen-bond donors (Lipinski definition) is 2. The fourth-order valence-corrected chi connectivity index (χ4v) is 4.79. The Balaban J connectivity index is 2.05. The fraction of sp³-hybridized carbons (Fsp3) is 0.174. The first-order valence-corrected chi connectivity index (χ1v) is 12.6. The molecule has 2 N–H and O–H groups in total. The zero-order valence-corrected chi connectivity index (χ0v) is 18.9. The van der Waals surface area contributed by atoms with Crippen molar-refractivity contribution in [3.05, 3.63) is 78.5 Å². The van der Waals surface area contributed by atoms with Gasteiger partial charge in [-0.2, -0.15) is 11.8 Å². The van der Waals surface area contributed by atoms with E-state index >= 15 is 0 Å². The van der Waals surface area contributed by atoms with Crippen LogP contribution in [0.5, 0.6) is 0 Å². The van der Waals surface area contributed by atoms with Crippen molar-refractivity contribution >= 4 is 33.5 Å². The molecule has 32 heavy (non-hydrogen) atoms. The van der Waals surface area contributed by atoms with Crippen LogP contribution in [0.4, 0.5) is 0 Å². The fourth-order valence-electron chi connectivity index (χ4n) is 3.10. The molecule has 0 aliphatic carbocycles. The third kappa shape index (κ3) is 5.35. The average Bonchev–Trinajstić information content (AvgIpc) is 2.82. The first kappa shape index (κ1) is 23.5. The summed E-state index contributed by atoms with van der Waals surface area (Å²) in [6.45, 7) is 0. The molecule has 0 aliphatic rings. The number of pyridine rings is 1. The minimum absolute atomic E-state index is 0.0104. The molecule has 3 aromatic rings. The van der Waals surface area contributed by atoms with E-state index in [1.165, 1.54) is 42.2 Å². The predicted octanol–water partition coefficient (Wildman–Crippen LogP) is 3.52. The molecule has 1 atom stereocenters.